The molecule has 1 fully saturated rings. The van der Waals surface area contributed by atoms with Crippen LogP contribution in [0.15, 0.2) is 24.3 Å². The van der Waals surface area contributed by atoms with E-state index in [1.165, 1.54) is 12.1 Å². The fourth-order valence-electron chi connectivity index (χ4n) is 2.25. The van der Waals surface area contributed by atoms with Crippen molar-refractivity contribution in [2.24, 2.45) is 0 Å². The molecule has 0 spiro atoms. The van der Waals surface area contributed by atoms with Gasteiger partial charge in [0.2, 0.25) is 0 Å². The van der Waals surface area contributed by atoms with Gasteiger partial charge in [-0.05, 0) is 44.8 Å². The van der Waals surface area contributed by atoms with Crippen LogP contribution in [0.25, 0.3) is 0 Å². The summed E-state index contributed by atoms with van der Waals surface area (Å²) < 4.78 is 0. The highest BCUT2D eigenvalue weighted by molar-refractivity contribution is 5.91. The second-order valence-electron chi connectivity index (χ2n) is 5.16. The maximum Gasteiger partial charge on any atom is 0.335 e. The SMILES string of the molecule is CN(C)C1CCN(C(=O)Nc2ccc(C(=O)O)cc2)C1. The Morgan fingerprint density at radius 2 is 1.95 bits per heavy atom. The number of likely N-dealkylation sites (tertiary alicyclic amines) is 1. The van der Waals surface area contributed by atoms with Crippen molar-refractivity contribution >= 4 is 17.7 Å². The lowest BCUT2D eigenvalue weighted by Gasteiger charge is -2.20. The van der Waals surface area contributed by atoms with Crippen molar-refractivity contribution in [2.75, 3.05) is 32.5 Å². The lowest BCUT2D eigenvalue weighted by Crippen LogP contribution is -2.36. The van der Waals surface area contributed by atoms with E-state index >= 15 is 0 Å². The minimum absolute atomic E-state index is 0.141. The number of carboxylic acid groups (broad SMARTS) is 1. The molecule has 2 N–H and O–H groups in total. The van der Waals surface area contributed by atoms with E-state index in [0.29, 0.717) is 18.3 Å². The average molecular weight is 277 g/mol. The molecule has 1 aromatic rings. The summed E-state index contributed by atoms with van der Waals surface area (Å²) in [5, 5.41) is 11.6. The van der Waals surface area contributed by atoms with Gasteiger partial charge in [-0.2, -0.15) is 0 Å². The summed E-state index contributed by atoms with van der Waals surface area (Å²) in [5.74, 6) is -0.976. The fourth-order valence-corrected chi connectivity index (χ4v) is 2.25. The molecule has 1 unspecified atom stereocenters. The van der Waals surface area contributed by atoms with E-state index in [-0.39, 0.29) is 11.6 Å². The van der Waals surface area contributed by atoms with Crippen LogP contribution in [0, 0.1) is 0 Å². The van der Waals surface area contributed by atoms with E-state index in [1.54, 1.807) is 17.0 Å². The second-order valence-corrected chi connectivity index (χ2v) is 5.16. The van der Waals surface area contributed by atoms with Gasteiger partial charge in [0.25, 0.3) is 0 Å². The van der Waals surface area contributed by atoms with Gasteiger partial charge in [0, 0.05) is 24.8 Å². The minimum atomic E-state index is -0.976. The van der Waals surface area contributed by atoms with Crippen molar-refractivity contribution in [2.45, 2.75) is 12.5 Å². The second kappa shape index (κ2) is 5.92. The van der Waals surface area contributed by atoms with Gasteiger partial charge in [-0.25, -0.2) is 9.59 Å². The van der Waals surface area contributed by atoms with Gasteiger partial charge in [-0.3, -0.25) is 0 Å². The zero-order valence-electron chi connectivity index (χ0n) is 11.7. The van der Waals surface area contributed by atoms with Crippen LogP contribution in [0.5, 0.6) is 0 Å². The van der Waals surface area contributed by atoms with Crippen molar-refractivity contribution in [3.8, 4) is 0 Å². The van der Waals surface area contributed by atoms with E-state index < -0.39 is 5.97 Å². The summed E-state index contributed by atoms with van der Waals surface area (Å²) in [5.41, 5.74) is 0.810. The van der Waals surface area contributed by atoms with E-state index in [1.807, 2.05) is 14.1 Å². The molecule has 0 radical (unpaired) electrons. The Morgan fingerprint density at radius 1 is 1.30 bits per heavy atom. The zero-order chi connectivity index (χ0) is 14.7. The monoisotopic (exact) mass is 277 g/mol. The van der Waals surface area contributed by atoms with Crippen molar-refractivity contribution in [3.63, 3.8) is 0 Å². The first-order valence-electron chi connectivity index (χ1n) is 6.53. The molecular formula is C14H19N3O3. The molecule has 1 atom stereocenters. The molecule has 0 aliphatic carbocycles. The number of carboxylic acids is 1. The maximum absolute atomic E-state index is 12.1. The summed E-state index contributed by atoms with van der Waals surface area (Å²) in [6.07, 6.45) is 0.971. The Balaban J connectivity index is 1.93. The van der Waals surface area contributed by atoms with E-state index in [4.69, 9.17) is 5.11 Å². The molecule has 1 saturated heterocycles. The molecule has 6 heteroatoms. The number of nitrogens with one attached hydrogen (secondary N) is 1. The van der Waals surface area contributed by atoms with Crippen molar-refractivity contribution in [1.82, 2.24) is 9.80 Å². The summed E-state index contributed by atoms with van der Waals surface area (Å²) in [6.45, 7) is 1.45. The predicted molar refractivity (Wildman–Crippen MR) is 76.1 cm³/mol. The molecule has 1 aliphatic heterocycles. The topological polar surface area (TPSA) is 72.9 Å². The summed E-state index contributed by atoms with van der Waals surface area (Å²) >= 11 is 0. The number of hydrogen-bond acceptors (Lipinski definition) is 3. The number of anilines is 1. The van der Waals surface area contributed by atoms with E-state index in [2.05, 4.69) is 10.2 Å². The number of likely N-dealkylation sites (N-methyl/N-ethyl adjacent to an activating group) is 1. The molecular weight excluding hydrogens is 258 g/mol. The van der Waals surface area contributed by atoms with Crippen LogP contribution >= 0.6 is 0 Å². The Labute approximate surface area is 118 Å². The highest BCUT2D eigenvalue weighted by Crippen LogP contribution is 2.16. The van der Waals surface area contributed by atoms with Gasteiger partial charge in [0.15, 0.2) is 0 Å². The maximum atomic E-state index is 12.1. The summed E-state index contributed by atoms with van der Waals surface area (Å²) in [4.78, 5) is 26.7. The Bertz CT molecular complexity index is 499. The van der Waals surface area contributed by atoms with Gasteiger partial charge < -0.3 is 20.2 Å². The van der Waals surface area contributed by atoms with Crippen molar-refractivity contribution in [3.05, 3.63) is 29.8 Å². The number of carbonyl (C=O) groups excluding carboxylic acids is 1. The molecule has 2 rings (SSSR count). The minimum Gasteiger partial charge on any atom is -0.478 e. The number of urea groups is 1. The zero-order valence-corrected chi connectivity index (χ0v) is 11.7. The number of nitrogens with zero attached hydrogens (tertiary/aromatic N) is 2. The van der Waals surface area contributed by atoms with Crippen LogP contribution in [0.4, 0.5) is 10.5 Å². The standard InChI is InChI=1S/C14H19N3O3/c1-16(2)12-7-8-17(9-12)14(20)15-11-5-3-10(4-6-11)13(18)19/h3-6,12H,7-9H2,1-2H3,(H,15,20)(H,18,19). The highest BCUT2D eigenvalue weighted by atomic mass is 16.4. The Morgan fingerprint density at radius 3 is 2.45 bits per heavy atom. The van der Waals surface area contributed by atoms with E-state index in [9.17, 15) is 9.59 Å². The smallest absolute Gasteiger partial charge is 0.335 e. The molecule has 2 amide bonds. The molecule has 0 saturated carbocycles. The van der Waals surface area contributed by atoms with Crippen LogP contribution in [-0.2, 0) is 0 Å². The first-order chi connectivity index (χ1) is 9.47. The molecule has 1 aromatic carbocycles. The number of carbonyl (C=O) groups is 2. The molecule has 108 valence electrons. The average Bonchev–Trinajstić information content (AvgIpc) is 2.89. The normalized spacial score (nSPS) is 18.4. The number of amides is 2. The largest absolute Gasteiger partial charge is 0.478 e. The van der Waals surface area contributed by atoms with Gasteiger partial charge >= 0.3 is 12.0 Å². The predicted octanol–water partition coefficient (Wildman–Crippen LogP) is 1.55. The molecule has 6 nitrogen and oxygen atoms in total. The van der Waals surface area contributed by atoms with Gasteiger partial charge in [-0.15, -0.1) is 0 Å². The summed E-state index contributed by atoms with van der Waals surface area (Å²) in [7, 11) is 4.02. The number of aromatic carboxylic acids is 1. The third kappa shape index (κ3) is 3.27. The highest BCUT2D eigenvalue weighted by Gasteiger charge is 2.27. The van der Waals surface area contributed by atoms with Gasteiger partial charge in [-0.1, -0.05) is 0 Å². The molecule has 1 aliphatic rings. The van der Waals surface area contributed by atoms with E-state index in [0.717, 1.165) is 13.0 Å². The number of benzene rings is 1. The van der Waals surface area contributed by atoms with Gasteiger partial charge in [0.1, 0.15) is 0 Å². The van der Waals surface area contributed by atoms with Crippen molar-refractivity contribution in [1.29, 1.82) is 0 Å². The van der Waals surface area contributed by atoms with Crippen LogP contribution < -0.4 is 5.32 Å². The quantitative estimate of drug-likeness (QED) is 0.879. The number of rotatable bonds is 3. The Hall–Kier alpha value is -2.08. The lowest BCUT2D eigenvalue weighted by molar-refractivity contribution is 0.0697. The number of hydrogen-bond donors (Lipinski definition) is 2. The molecule has 1 heterocycles. The summed E-state index contributed by atoms with van der Waals surface area (Å²) in [6, 6.07) is 6.41. The molecule has 20 heavy (non-hydrogen) atoms. The molecule has 0 bridgehead atoms. The Kier molecular flexibility index (Phi) is 4.24. The lowest BCUT2D eigenvalue weighted by atomic mass is 10.2. The van der Waals surface area contributed by atoms with Crippen LogP contribution in [0.2, 0.25) is 0 Å². The fraction of sp³-hybridized carbons (Fsp3) is 0.429. The van der Waals surface area contributed by atoms with Gasteiger partial charge in [0.05, 0.1) is 5.56 Å². The first-order valence-corrected chi connectivity index (χ1v) is 6.53. The molecule has 0 aromatic heterocycles. The van der Waals surface area contributed by atoms with Crippen LogP contribution in [0.3, 0.4) is 0 Å². The van der Waals surface area contributed by atoms with Crippen LogP contribution in [-0.4, -0.2) is 60.1 Å². The van der Waals surface area contributed by atoms with Crippen LogP contribution in [0.1, 0.15) is 16.8 Å². The van der Waals surface area contributed by atoms with Crippen molar-refractivity contribution < 1.29 is 14.7 Å². The third-order valence-corrected chi connectivity index (χ3v) is 3.56. The first kappa shape index (κ1) is 14.3. The third-order valence-electron chi connectivity index (χ3n) is 3.56.